The molecule has 1 amide bonds. The van der Waals surface area contributed by atoms with Crippen molar-refractivity contribution in [3.05, 3.63) is 48.0 Å². The lowest BCUT2D eigenvalue weighted by Gasteiger charge is -2.31. The number of ether oxygens (including phenoxy) is 1. The summed E-state index contributed by atoms with van der Waals surface area (Å²) in [4.78, 5) is 12.1. The fourth-order valence-corrected chi connectivity index (χ4v) is 4.59. The standard InChI is InChI=1S/C20H24N2O4S/c1-14(2)20(23)21-16-6-11-19-15(13-16)5-4-12-22(19)27(24,25)18-9-7-17(26-3)8-10-18/h6-11,13-14H,4-5,12H2,1-3H3,(H,21,23). The fourth-order valence-electron chi connectivity index (χ4n) is 3.05. The molecule has 0 bridgehead atoms. The smallest absolute Gasteiger partial charge is 0.264 e. The van der Waals surface area contributed by atoms with Gasteiger partial charge in [0.1, 0.15) is 5.75 Å². The minimum atomic E-state index is -3.66. The molecule has 0 unspecified atom stereocenters. The molecule has 2 aromatic rings. The number of methoxy groups -OCH3 is 1. The summed E-state index contributed by atoms with van der Waals surface area (Å²) in [5.41, 5.74) is 2.27. The Morgan fingerprint density at radius 3 is 2.48 bits per heavy atom. The summed E-state index contributed by atoms with van der Waals surface area (Å²) in [5.74, 6) is 0.431. The molecule has 0 aromatic heterocycles. The Bertz CT molecular complexity index is 937. The molecular weight excluding hydrogens is 364 g/mol. The predicted molar refractivity (Wildman–Crippen MR) is 106 cm³/mol. The molecule has 0 atom stereocenters. The number of nitrogens with zero attached hydrogens (tertiary/aromatic N) is 1. The summed E-state index contributed by atoms with van der Waals surface area (Å²) in [7, 11) is -2.12. The van der Waals surface area contributed by atoms with Crippen molar-refractivity contribution < 1.29 is 17.9 Å². The van der Waals surface area contributed by atoms with E-state index in [0.717, 1.165) is 18.4 Å². The lowest BCUT2D eigenvalue weighted by molar-refractivity contribution is -0.118. The SMILES string of the molecule is COc1ccc(S(=O)(=O)N2CCCc3cc(NC(=O)C(C)C)ccc32)cc1. The Kier molecular flexibility index (Phi) is 5.41. The van der Waals surface area contributed by atoms with Crippen LogP contribution in [0.15, 0.2) is 47.4 Å². The van der Waals surface area contributed by atoms with Gasteiger partial charge < -0.3 is 10.1 Å². The zero-order chi connectivity index (χ0) is 19.6. The number of sulfonamides is 1. The van der Waals surface area contributed by atoms with E-state index >= 15 is 0 Å². The van der Waals surface area contributed by atoms with Gasteiger partial charge in [0.15, 0.2) is 0 Å². The summed E-state index contributed by atoms with van der Waals surface area (Å²) in [5, 5.41) is 2.87. The number of hydrogen-bond donors (Lipinski definition) is 1. The highest BCUT2D eigenvalue weighted by Crippen LogP contribution is 2.34. The maximum Gasteiger partial charge on any atom is 0.264 e. The first-order chi connectivity index (χ1) is 12.8. The monoisotopic (exact) mass is 388 g/mol. The van der Waals surface area contributed by atoms with Crippen LogP contribution in [0.3, 0.4) is 0 Å². The number of amides is 1. The van der Waals surface area contributed by atoms with Gasteiger partial charge in [-0.05, 0) is 60.9 Å². The van der Waals surface area contributed by atoms with Crippen LogP contribution in [0, 0.1) is 5.92 Å². The van der Waals surface area contributed by atoms with Gasteiger partial charge in [-0.3, -0.25) is 9.10 Å². The summed E-state index contributed by atoms with van der Waals surface area (Å²) >= 11 is 0. The van der Waals surface area contributed by atoms with Gasteiger partial charge in [0, 0.05) is 18.2 Å². The summed E-state index contributed by atoms with van der Waals surface area (Å²) < 4.78 is 32.8. The van der Waals surface area contributed by atoms with Gasteiger partial charge in [-0.25, -0.2) is 8.42 Å². The van der Waals surface area contributed by atoms with Crippen LogP contribution in [0.5, 0.6) is 5.75 Å². The van der Waals surface area contributed by atoms with E-state index in [1.54, 1.807) is 43.5 Å². The van der Waals surface area contributed by atoms with E-state index in [0.29, 0.717) is 23.7 Å². The van der Waals surface area contributed by atoms with E-state index < -0.39 is 10.0 Å². The zero-order valence-corrected chi connectivity index (χ0v) is 16.5. The highest BCUT2D eigenvalue weighted by Gasteiger charge is 2.29. The van der Waals surface area contributed by atoms with Crippen LogP contribution in [0.2, 0.25) is 0 Å². The topological polar surface area (TPSA) is 75.7 Å². The molecule has 27 heavy (non-hydrogen) atoms. The molecule has 0 spiro atoms. The summed E-state index contributed by atoms with van der Waals surface area (Å²) in [6.07, 6.45) is 1.50. The predicted octanol–water partition coefficient (Wildman–Crippen LogP) is 3.43. The number of aryl methyl sites for hydroxylation is 1. The Hall–Kier alpha value is -2.54. The van der Waals surface area contributed by atoms with Gasteiger partial charge in [0.25, 0.3) is 10.0 Å². The average Bonchev–Trinajstić information content (AvgIpc) is 2.67. The number of benzene rings is 2. The molecule has 7 heteroatoms. The normalized spacial score (nSPS) is 14.0. The largest absolute Gasteiger partial charge is 0.497 e. The maximum atomic E-state index is 13.1. The van der Waals surface area contributed by atoms with Gasteiger partial charge in [-0.1, -0.05) is 13.8 Å². The molecule has 3 rings (SSSR count). The van der Waals surface area contributed by atoms with Crippen molar-refractivity contribution in [2.24, 2.45) is 5.92 Å². The number of hydrogen-bond acceptors (Lipinski definition) is 4. The Balaban J connectivity index is 1.92. The minimum Gasteiger partial charge on any atom is -0.497 e. The van der Waals surface area contributed by atoms with Crippen molar-refractivity contribution in [3.8, 4) is 5.75 Å². The van der Waals surface area contributed by atoms with E-state index in [9.17, 15) is 13.2 Å². The van der Waals surface area contributed by atoms with Crippen LogP contribution in [0.1, 0.15) is 25.8 Å². The second-order valence-electron chi connectivity index (χ2n) is 6.84. The average molecular weight is 388 g/mol. The van der Waals surface area contributed by atoms with Crippen molar-refractivity contribution in [3.63, 3.8) is 0 Å². The molecular formula is C20H24N2O4S. The lowest BCUT2D eigenvalue weighted by atomic mass is 10.0. The third-order valence-electron chi connectivity index (χ3n) is 4.59. The van der Waals surface area contributed by atoms with Gasteiger partial charge in [-0.2, -0.15) is 0 Å². The molecule has 0 saturated carbocycles. The molecule has 0 radical (unpaired) electrons. The molecule has 144 valence electrons. The highest BCUT2D eigenvalue weighted by molar-refractivity contribution is 7.92. The van der Waals surface area contributed by atoms with Crippen LogP contribution in [-0.2, 0) is 21.2 Å². The van der Waals surface area contributed by atoms with E-state index in [2.05, 4.69) is 5.32 Å². The summed E-state index contributed by atoms with van der Waals surface area (Å²) in [6.45, 7) is 4.09. The van der Waals surface area contributed by atoms with Crippen molar-refractivity contribution in [2.45, 2.75) is 31.6 Å². The molecule has 1 heterocycles. The minimum absolute atomic E-state index is 0.0616. The van der Waals surface area contributed by atoms with Gasteiger partial charge in [-0.15, -0.1) is 0 Å². The van der Waals surface area contributed by atoms with Crippen LogP contribution in [-0.4, -0.2) is 28.0 Å². The van der Waals surface area contributed by atoms with E-state index in [1.807, 2.05) is 19.9 Å². The van der Waals surface area contributed by atoms with Gasteiger partial charge >= 0.3 is 0 Å². The zero-order valence-electron chi connectivity index (χ0n) is 15.7. The van der Waals surface area contributed by atoms with Crippen LogP contribution in [0.25, 0.3) is 0 Å². The Labute approximate surface area is 160 Å². The number of fused-ring (bicyclic) bond motifs is 1. The number of rotatable bonds is 5. The lowest BCUT2D eigenvalue weighted by Crippen LogP contribution is -2.35. The number of nitrogens with one attached hydrogen (secondary N) is 1. The highest BCUT2D eigenvalue weighted by atomic mass is 32.2. The molecule has 0 fully saturated rings. The van der Waals surface area contributed by atoms with Gasteiger partial charge in [0.05, 0.1) is 17.7 Å². The quantitative estimate of drug-likeness (QED) is 0.851. The summed E-state index contributed by atoms with van der Waals surface area (Å²) in [6, 6.07) is 11.8. The third kappa shape index (κ3) is 3.93. The molecule has 1 aliphatic heterocycles. The Morgan fingerprint density at radius 1 is 1.15 bits per heavy atom. The van der Waals surface area contributed by atoms with Crippen LogP contribution < -0.4 is 14.4 Å². The third-order valence-corrected chi connectivity index (χ3v) is 6.42. The molecule has 6 nitrogen and oxygen atoms in total. The molecule has 2 aromatic carbocycles. The molecule has 0 aliphatic carbocycles. The van der Waals surface area contributed by atoms with Crippen molar-refractivity contribution >= 4 is 27.3 Å². The van der Waals surface area contributed by atoms with Crippen LogP contribution >= 0.6 is 0 Å². The van der Waals surface area contributed by atoms with Crippen molar-refractivity contribution in [1.29, 1.82) is 0 Å². The number of anilines is 2. The molecule has 0 saturated heterocycles. The van der Waals surface area contributed by atoms with Crippen molar-refractivity contribution in [1.82, 2.24) is 0 Å². The first-order valence-corrected chi connectivity index (χ1v) is 10.4. The number of carbonyl (C=O) groups excluding carboxylic acids is 1. The fraction of sp³-hybridized carbons (Fsp3) is 0.350. The first kappa shape index (κ1) is 19.2. The first-order valence-electron chi connectivity index (χ1n) is 8.93. The van der Waals surface area contributed by atoms with E-state index in [-0.39, 0.29) is 16.7 Å². The van der Waals surface area contributed by atoms with Crippen molar-refractivity contribution in [2.75, 3.05) is 23.3 Å². The second kappa shape index (κ2) is 7.60. The molecule has 1 aliphatic rings. The second-order valence-corrected chi connectivity index (χ2v) is 8.71. The van der Waals surface area contributed by atoms with E-state index in [4.69, 9.17) is 4.74 Å². The Morgan fingerprint density at radius 2 is 1.85 bits per heavy atom. The molecule has 1 N–H and O–H groups in total. The van der Waals surface area contributed by atoms with Gasteiger partial charge in [0.2, 0.25) is 5.91 Å². The maximum absolute atomic E-state index is 13.1. The van der Waals surface area contributed by atoms with E-state index in [1.165, 1.54) is 4.31 Å². The van der Waals surface area contributed by atoms with Crippen LogP contribution in [0.4, 0.5) is 11.4 Å². The number of carbonyl (C=O) groups is 1.